The number of amides is 2. The van der Waals surface area contributed by atoms with Crippen LogP contribution in [0.25, 0.3) is 0 Å². The minimum absolute atomic E-state index is 0.190. The minimum atomic E-state index is -1.13. The summed E-state index contributed by atoms with van der Waals surface area (Å²) >= 11 is 0. The summed E-state index contributed by atoms with van der Waals surface area (Å²) in [6.07, 6.45) is -1.01. The van der Waals surface area contributed by atoms with Crippen LogP contribution in [0.3, 0.4) is 0 Å². The average molecular weight is 451 g/mol. The number of benzene rings is 1. The van der Waals surface area contributed by atoms with E-state index in [1.165, 1.54) is 11.8 Å². The molecule has 0 radical (unpaired) electrons. The maximum Gasteiger partial charge on any atom is 0.412 e. The topological polar surface area (TPSA) is 103 Å². The maximum absolute atomic E-state index is 12.5. The van der Waals surface area contributed by atoms with Crippen molar-refractivity contribution in [3.63, 3.8) is 0 Å². The number of hydrogen-bond acceptors (Lipinski definition) is 7. The van der Waals surface area contributed by atoms with Crippen molar-refractivity contribution in [2.45, 2.75) is 77.4 Å². The van der Waals surface area contributed by atoms with Crippen molar-refractivity contribution in [2.24, 2.45) is 0 Å². The van der Waals surface area contributed by atoms with Gasteiger partial charge in [-0.2, -0.15) is 0 Å². The van der Waals surface area contributed by atoms with E-state index in [2.05, 4.69) is 5.32 Å². The molecule has 9 nitrogen and oxygen atoms in total. The Hall–Kier alpha value is -2.97. The Bertz CT molecular complexity index is 830. The number of carbonyl (C=O) groups is 3. The molecule has 1 N–H and O–H groups in total. The van der Waals surface area contributed by atoms with E-state index in [9.17, 15) is 14.4 Å². The fourth-order valence-electron chi connectivity index (χ4n) is 3.02. The molecule has 2 rings (SSSR count). The van der Waals surface area contributed by atoms with Gasteiger partial charge in [0.25, 0.3) is 0 Å². The Morgan fingerprint density at radius 1 is 1.12 bits per heavy atom. The van der Waals surface area contributed by atoms with Gasteiger partial charge >= 0.3 is 18.2 Å². The SMILES string of the molecule is COc1ccccc1CC(C)N(C)C(=O)OC(C)OC(=O)C1(NC(=O)OC(C)(C)C)CC1. The Kier molecular flexibility index (Phi) is 7.98. The molecule has 0 heterocycles. The highest BCUT2D eigenvalue weighted by molar-refractivity contribution is 5.89. The molecule has 32 heavy (non-hydrogen) atoms. The predicted octanol–water partition coefficient (Wildman–Crippen LogP) is 3.64. The first-order chi connectivity index (χ1) is 14.9. The Balaban J connectivity index is 1.86. The molecular weight excluding hydrogens is 416 g/mol. The van der Waals surface area contributed by atoms with Crippen molar-refractivity contribution in [3.05, 3.63) is 29.8 Å². The Morgan fingerprint density at radius 2 is 1.75 bits per heavy atom. The van der Waals surface area contributed by atoms with Crippen LogP contribution in [0.2, 0.25) is 0 Å². The first-order valence-electron chi connectivity index (χ1n) is 10.6. The van der Waals surface area contributed by atoms with Gasteiger partial charge in [-0.3, -0.25) is 0 Å². The molecule has 178 valence electrons. The smallest absolute Gasteiger partial charge is 0.412 e. The summed E-state index contributed by atoms with van der Waals surface area (Å²) < 4.78 is 21.1. The van der Waals surface area contributed by atoms with Gasteiger partial charge in [-0.15, -0.1) is 0 Å². The van der Waals surface area contributed by atoms with E-state index >= 15 is 0 Å². The van der Waals surface area contributed by atoms with E-state index in [0.717, 1.165) is 11.3 Å². The molecule has 1 fully saturated rings. The highest BCUT2D eigenvalue weighted by atomic mass is 16.7. The highest BCUT2D eigenvalue weighted by Gasteiger charge is 2.54. The maximum atomic E-state index is 12.5. The second-order valence-electron chi connectivity index (χ2n) is 9.04. The summed E-state index contributed by atoms with van der Waals surface area (Å²) in [5, 5.41) is 2.56. The minimum Gasteiger partial charge on any atom is -0.496 e. The van der Waals surface area contributed by atoms with E-state index < -0.39 is 35.6 Å². The van der Waals surface area contributed by atoms with Crippen molar-refractivity contribution in [2.75, 3.05) is 14.2 Å². The third-order valence-corrected chi connectivity index (χ3v) is 5.08. The molecule has 1 saturated carbocycles. The van der Waals surface area contributed by atoms with Crippen molar-refractivity contribution in [1.29, 1.82) is 0 Å². The molecule has 1 aliphatic rings. The van der Waals surface area contributed by atoms with Crippen molar-refractivity contribution in [3.8, 4) is 5.75 Å². The lowest BCUT2D eigenvalue weighted by Gasteiger charge is -2.27. The molecule has 0 spiro atoms. The third-order valence-electron chi connectivity index (χ3n) is 5.08. The first-order valence-corrected chi connectivity index (χ1v) is 10.6. The number of nitrogens with zero attached hydrogens (tertiary/aromatic N) is 1. The second kappa shape index (κ2) is 10.1. The third kappa shape index (κ3) is 7.03. The van der Waals surface area contributed by atoms with Gasteiger partial charge in [0, 0.05) is 20.0 Å². The molecule has 2 amide bonds. The molecular formula is C23H34N2O7. The summed E-state index contributed by atoms with van der Waals surface area (Å²) in [6, 6.07) is 7.40. The molecule has 2 atom stereocenters. The number of carbonyl (C=O) groups excluding carboxylic acids is 3. The number of para-hydroxylation sites is 1. The van der Waals surface area contributed by atoms with Crippen LogP contribution < -0.4 is 10.1 Å². The van der Waals surface area contributed by atoms with Crippen LogP contribution >= 0.6 is 0 Å². The number of nitrogens with one attached hydrogen (secondary N) is 1. The number of likely N-dealkylation sites (N-methyl/N-ethyl adjacent to an activating group) is 1. The predicted molar refractivity (Wildman–Crippen MR) is 117 cm³/mol. The van der Waals surface area contributed by atoms with Crippen molar-refractivity contribution >= 4 is 18.2 Å². The molecule has 0 bridgehead atoms. The number of hydrogen-bond donors (Lipinski definition) is 1. The summed E-state index contributed by atoms with van der Waals surface area (Å²) in [4.78, 5) is 38.5. The molecule has 0 aliphatic heterocycles. The van der Waals surface area contributed by atoms with Gasteiger partial charge in [0.15, 0.2) is 0 Å². The number of alkyl carbamates (subject to hydrolysis) is 1. The summed E-state index contributed by atoms with van der Waals surface area (Å²) in [7, 11) is 3.21. The summed E-state index contributed by atoms with van der Waals surface area (Å²) in [5.74, 6) is 0.0871. The number of ether oxygens (including phenoxy) is 4. The zero-order valence-electron chi connectivity index (χ0n) is 19.9. The fraction of sp³-hybridized carbons (Fsp3) is 0.609. The van der Waals surface area contributed by atoms with Crippen LogP contribution in [-0.4, -0.2) is 60.7 Å². The zero-order valence-corrected chi connectivity index (χ0v) is 19.9. The normalized spacial score (nSPS) is 16.2. The van der Waals surface area contributed by atoms with Crippen molar-refractivity contribution < 1.29 is 33.3 Å². The van der Waals surface area contributed by atoms with Gasteiger partial charge in [0.2, 0.25) is 6.29 Å². The number of rotatable bonds is 8. The van der Waals surface area contributed by atoms with Crippen LogP contribution in [0.5, 0.6) is 5.75 Å². The Morgan fingerprint density at radius 3 is 2.31 bits per heavy atom. The van der Waals surface area contributed by atoms with Crippen molar-refractivity contribution in [1.82, 2.24) is 10.2 Å². The standard InChI is InChI=1S/C23H34N2O7/c1-15(14-17-10-8-9-11-18(17)29-7)25(6)21(28)31-16(2)30-19(26)23(12-13-23)24-20(27)32-22(3,4)5/h8-11,15-16H,12-14H2,1-7H3,(H,24,27). The molecule has 0 aromatic heterocycles. The van der Waals surface area contributed by atoms with Crippen LogP contribution in [0.1, 0.15) is 53.0 Å². The zero-order chi connectivity index (χ0) is 24.1. The van der Waals surface area contributed by atoms with E-state index in [4.69, 9.17) is 18.9 Å². The van der Waals surface area contributed by atoms with Crippen LogP contribution in [0, 0.1) is 0 Å². The van der Waals surface area contributed by atoms with Crippen LogP contribution in [0.4, 0.5) is 9.59 Å². The summed E-state index contributed by atoms with van der Waals surface area (Å²) in [6.45, 7) is 8.54. The molecule has 0 saturated heterocycles. The van der Waals surface area contributed by atoms with Crippen LogP contribution in [-0.2, 0) is 25.4 Å². The number of esters is 1. The van der Waals surface area contributed by atoms with E-state index in [1.54, 1.807) is 34.9 Å². The van der Waals surface area contributed by atoms with E-state index in [-0.39, 0.29) is 6.04 Å². The van der Waals surface area contributed by atoms with E-state index in [1.807, 2.05) is 31.2 Å². The second-order valence-corrected chi connectivity index (χ2v) is 9.04. The average Bonchev–Trinajstić information content (AvgIpc) is 3.46. The van der Waals surface area contributed by atoms with Gasteiger partial charge < -0.3 is 29.2 Å². The van der Waals surface area contributed by atoms with Gasteiger partial charge in [-0.25, -0.2) is 14.4 Å². The summed E-state index contributed by atoms with van der Waals surface area (Å²) in [5.41, 5.74) is -0.852. The lowest BCUT2D eigenvalue weighted by molar-refractivity contribution is -0.170. The largest absolute Gasteiger partial charge is 0.496 e. The van der Waals surface area contributed by atoms with E-state index in [0.29, 0.717) is 19.3 Å². The number of methoxy groups -OCH3 is 1. The lowest BCUT2D eigenvalue weighted by atomic mass is 10.1. The monoisotopic (exact) mass is 450 g/mol. The van der Waals surface area contributed by atoms with Gasteiger partial charge in [-0.1, -0.05) is 18.2 Å². The molecule has 9 heteroatoms. The molecule has 1 aliphatic carbocycles. The quantitative estimate of drug-likeness (QED) is 0.476. The lowest BCUT2D eigenvalue weighted by Crippen LogP contribution is -2.47. The fourth-order valence-corrected chi connectivity index (χ4v) is 3.02. The molecule has 2 unspecified atom stereocenters. The molecule has 1 aromatic carbocycles. The molecule has 1 aromatic rings. The van der Waals surface area contributed by atoms with Gasteiger partial charge in [0.1, 0.15) is 16.9 Å². The van der Waals surface area contributed by atoms with Gasteiger partial charge in [-0.05, 0) is 58.6 Å². The van der Waals surface area contributed by atoms with Crippen LogP contribution in [0.15, 0.2) is 24.3 Å². The first kappa shape index (κ1) is 25.3. The Labute approximate surface area is 189 Å². The highest BCUT2D eigenvalue weighted by Crippen LogP contribution is 2.37. The van der Waals surface area contributed by atoms with Gasteiger partial charge in [0.05, 0.1) is 7.11 Å².